The van der Waals surface area contributed by atoms with Crippen molar-refractivity contribution in [1.29, 1.82) is 0 Å². The number of hydrogen-bond donors (Lipinski definition) is 0. The summed E-state index contributed by atoms with van der Waals surface area (Å²) < 4.78 is 12.4. The summed E-state index contributed by atoms with van der Waals surface area (Å²) in [7, 11) is 3.55. The second-order valence-electron chi connectivity index (χ2n) is 8.63. The maximum absolute atomic E-state index is 6.19. The van der Waals surface area contributed by atoms with Crippen LogP contribution in [-0.4, -0.2) is 20.0 Å². The lowest BCUT2D eigenvalue weighted by atomic mass is 9.84. The summed E-state index contributed by atoms with van der Waals surface area (Å²) in [6.45, 7) is 0. The van der Waals surface area contributed by atoms with Gasteiger partial charge in [0.05, 0.1) is 17.9 Å². The molecular formula is C29H25O2+. The Morgan fingerprint density at radius 2 is 1.35 bits per heavy atom. The minimum Gasteiger partial charge on any atom is -0.339 e. The third-order valence-electron chi connectivity index (χ3n) is 7.18. The van der Waals surface area contributed by atoms with E-state index in [4.69, 9.17) is 9.47 Å². The molecule has 0 N–H and O–H groups in total. The Kier molecular flexibility index (Phi) is 4.21. The van der Waals surface area contributed by atoms with Gasteiger partial charge in [-0.25, -0.2) is 0 Å². The molecule has 9 bridgehead atoms. The van der Waals surface area contributed by atoms with Crippen molar-refractivity contribution < 1.29 is 9.47 Å². The first kappa shape index (κ1) is 18.7. The van der Waals surface area contributed by atoms with Gasteiger partial charge in [-0.15, -0.1) is 0 Å². The summed E-state index contributed by atoms with van der Waals surface area (Å²) in [5.41, 5.74) is 7.38. The SMILES string of the molecule is COC1(OC)[C+]2CCC1c1cccc(c1)-c1ccc3ccc(cc3c1)-c1cccc2c1. The van der Waals surface area contributed by atoms with Crippen LogP contribution in [0, 0.1) is 5.92 Å². The lowest BCUT2D eigenvalue weighted by Gasteiger charge is -2.34. The average molecular weight is 406 g/mol. The predicted molar refractivity (Wildman–Crippen MR) is 126 cm³/mol. The van der Waals surface area contributed by atoms with E-state index >= 15 is 0 Å². The van der Waals surface area contributed by atoms with E-state index in [9.17, 15) is 0 Å². The van der Waals surface area contributed by atoms with Crippen LogP contribution in [0.15, 0.2) is 84.9 Å². The third-order valence-corrected chi connectivity index (χ3v) is 7.18. The summed E-state index contributed by atoms with van der Waals surface area (Å²) in [5.74, 6) is 0.615. The summed E-state index contributed by atoms with van der Waals surface area (Å²) in [6, 6.07) is 31.2. The lowest BCUT2D eigenvalue weighted by Crippen LogP contribution is -2.42. The Bertz CT molecular complexity index is 1190. The van der Waals surface area contributed by atoms with Crippen LogP contribution in [0.3, 0.4) is 0 Å². The second-order valence-corrected chi connectivity index (χ2v) is 8.63. The molecule has 0 heterocycles. The first-order chi connectivity index (χ1) is 15.2. The van der Waals surface area contributed by atoms with Crippen LogP contribution in [0.4, 0.5) is 0 Å². The number of fused-ring (bicyclic) bond motifs is 12. The van der Waals surface area contributed by atoms with Gasteiger partial charge in [0.2, 0.25) is 5.79 Å². The van der Waals surface area contributed by atoms with Gasteiger partial charge in [-0.2, -0.15) is 0 Å². The Hall–Kier alpha value is -3.07. The normalized spacial score (nSPS) is 18.5. The fraction of sp³-hybridized carbons (Fsp3) is 0.207. The van der Waals surface area contributed by atoms with Gasteiger partial charge in [0.25, 0.3) is 0 Å². The Morgan fingerprint density at radius 1 is 0.710 bits per heavy atom. The zero-order valence-electron chi connectivity index (χ0n) is 17.9. The molecule has 1 fully saturated rings. The monoisotopic (exact) mass is 405 g/mol. The van der Waals surface area contributed by atoms with Crippen molar-refractivity contribution in [3.05, 3.63) is 102 Å². The van der Waals surface area contributed by atoms with Crippen molar-refractivity contribution in [2.24, 2.45) is 0 Å². The van der Waals surface area contributed by atoms with E-state index in [1.165, 1.54) is 50.1 Å². The van der Waals surface area contributed by atoms with Crippen molar-refractivity contribution >= 4 is 10.8 Å². The number of benzene rings is 4. The summed E-state index contributed by atoms with van der Waals surface area (Å²) in [6.07, 6.45) is 1.95. The van der Waals surface area contributed by atoms with Crippen LogP contribution < -0.4 is 0 Å². The highest BCUT2D eigenvalue weighted by Crippen LogP contribution is 2.53. The van der Waals surface area contributed by atoms with E-state index in [-0.39, 0.29) is 5.92 Å². The molecule has 4 aromatic carbocycles. The van der Waals surface area contributed by atoms with E-state index in [2.05, 4.69) is 84.9 Å². The molecule has 2 heteroatoms. The van der Waals surface area contributed by atoms with Crippen molar-refractivity contribution in [3.63, 3.8) is 0 Å². The van der Waals surface area contributed by atoms with Crippen molar-refractivity contribution in [1.82, 2.24) is 0 Å². The molecule has 2 nitrogen and oxygen atoms in total. The Labute approximate surface area is 183 Å². The number of methoxy groups -OCH3 is 2. The predicted octanol–water partition coefficient (Wildman–Crippen LogP) is 6.98. The quantitative estimate of drug-likeness (QED) is 0.265. The molecule has 1 atom stereocenters. The molecule has 0 spiro atoms. The highest BCUT2D eigenvalue weighted by molar-refractivity contribution is 5.91. The maximum Gasteiger partial charge on any atom is 0.246 e. The van der Waals surface area contributed by atoms with Gasteiger partial charge >= 0.3 is 0 Å². The molecule has 152 valence electrons. The molecule has 1 saturated carbocycles. The summed E-state index contributed by atoms with van der Waals surface area (Å²) >= 11 is 0. The molecule has 2 aliphatic carbocycles. The Balaban J connectivity index is 1.68. The van der Waals surface area contributed by atoms with Crippen LogP contribution in [0.2, 0.25) is 0 Å². The molecule has 2 aliphatic rings. The average Bonchev–Trinajstić information content (AvgIpc) is 3.23. The largest absolute Gasteiger partial charge is 0.339 e. The lowest BCUT2D eigenvalue weighted by molar-refractivity contribution is -0.195. The number of hydrogen-bond acceptors (Lipinski definition) is 2. The second kappa shape index (κ2) is 6.98. The van der Waals surface area contributed by atoms with Gasteiger partial charge in [-0.05, 0) is 63.7 Å². The molecule has 31 heavy (non-hydrogen) atoms. The van der Waals surface area contributed by atoms with Gasteiger partial charge < -0.3 is 9.47 Å². The summed E-state index contributed by atoms with van der Waals surface area (Å²) in [5, 5.41) is 2.53. The minimum absolute atomic E-state index is 0.144. The topological polar surface area (TPSA) is 18.5 Å². The zero-order chi connectivity index (χ0) is 21.0. The standard InChI is InChI=1S/C29H25O2/c1-30-29(31-2)27-13-14-28(29)25-8-4-6-21(16-25)23-12-10-19-9-11-22(17-26(19)18-23)20-5-3-7-24(27)15-20/h3-12,15-18,27H,13-14H2,1-2H3/q+1. The molecule has 1 unspecified atom stereocenters. The molecule has 0 saturated heterocycles. The maximum atomic E-state index is 6.19. The van der Waals surface area contributed by atoms with E-state index < -0.39 is 5.79 Å². The van der Waals surface area contributed by atoms with E-state index in [0.717, 1.165) is 12.8 Å². The van der Waals surface area contributed by atoms with Crippen LogP contribution in [-0.2, 0) is 9.47 Å². The van der Waals surface area contributed by atoms with Gasteiger partial charge in [-0.3, -0.25) is 0 Å². The van der Waals surface area contributed by atoms with Crippen molar-refractivity contribution in [2.45, 2.75) is 24.5 Å². The highest BCUT2D eigenvalue weighted by Gasteiger charge is 2.57. The van der Waals surface area contributed by atoms with Crippen LogP contribution in [0.5, 0.6) is 0 Å². The molecule has 0 aromatic heterocycles. The fourth-order valence-electron chi connectivity index (χ4n) is 5.64. The van der Waals surface area contributed by atoms with Crippen LogP contribution in [0.25, 0.3) is 33.0 Å². The smallest absolute Gasteiger partial charge is 0.246 e. The van der Waals surface area contributed by atoms with E-state index in [1.807, 2.05) is 0 Å². The van der Waals surface area contributed by atoms with Crippen molar-refractivity contribution in [3.8, 4) is 22.3 Å². The van der Waals surface area contributed by atoms with Crippen LogP contribution in [0.1, 0.15) is 29.9 Å². The number of ether oxygens (including phenoxy) is 2. The molecule has 0 radical (unpaired) electrons. The first-order valence-corrected chi connectivity index (χ1v) is 10.9. The van der Waals surface area contributed by atoms with Gasteiger partial charge in [-0.1, -0.05) is 48.5 Å². The Morgan fingerprint density at radius 3 is 2.06 bits per heavy atom. The fourth-order valence-corrected chi connectivity index (χ4v) is 5.64. The van der Waals surface area contributed by atoms with Crippen molar-refractivity contribution in [2.75, 3.05) is 14.2 Å². The zero-order valence-corrected chi connectivity index (χ0v) is 17.9. The highest BCUT2D eigenvalue weighted by atomic mass is 16.7. The van der Waals surface area contributed by atoms with Gasteiger partial charge in [0, 0.05) is 32.3 Å². The van der Waals surface area contributed by atoms with Gasteiger partial charge in [0.15, 0.2) is 0 Å². The molecule has 6 rings (SSSR count). The first-order valence-electron chi connectivity index (χ1n) is 10.9. The van der Waals surface area contributed by atoms with E-state index in [1.54, 1.807) is 14.2 Å². The molecule has 0 aliphatic heterocycles. The molecular weight excluding hydrogens is 380 g/mol. The molecule has 4 aromatic rings. The third kappa shape index (κ3) is 2.76. The minimum atomic E-state index is -0.757. The number of rotatable bonds is 2. The summed E-state index contributed by atoms with van der Waals surface area (Å²) in [4.78, 5) is 0. The molecule has 0 amide bonds. The van der Waals surface area contributed by atoms with Gasteiger partial charge in [0.1, 0.15) is 5.56 Å². The van der Waals surface area contributed by atoms with Crippen LogP contribution >= 0.6 is 0 Å². The van der Waals surface area contributed by atoms with E-state index in [0.29, 0.717) is 0 Å².